The van der Waals surface area contributed by atoms with Gasteiger partial charge in [-0.05, 0) is 25.7 Å². The predicted molar refractivity (Wildman–Crippen MR) is 51.6 cm³/mol. The van der Waals surface area contributed by atoms with Crippen molar-refractivity contribution in [3.63, 3.8) is 0 Å². The van der Waals surface area contributed by atoms with Crippen LogP contribution in [0.2, 0.25) is 0 Å². The van der Waals surface area contributed by atoms with Crippen molar-refractivity contribution in [3.8, 4) is 0 Å². The molecule has 2 rings (SSSR count). The van der Waals surface area contributed by atoms with Gasteiger partial charge in [-0.15, -0.1) is 12.4 Å². The number of hydrogen-bond donors (Lipinski definition) is 1. The van der Waals surface area contributed by atoms with E-state index in [0.717, 1.165) is 0 Å². The van der Waals surface area contributed by atoms with Crippen LogP contribution in [0.3, 0.4) is 0 Å². The van der Waals surface area contributed by atoms with E-state index in [1.165, 1.54) is 38.5 Å². The third-order valence-corrected chi connectivity index (χ3v) is 3.12. The average molecular weight is 192 g/mol. The maximum atomic E-state index is 5.93. The van der Waals surface area contributed by atoms with Crippen molar-refractivity contribution in [2.75, 3.05) is 6.54 Å². The summed E-state index contributed by atoms with van der Waals surface area (Å²) < 4.78 is 5.93. The summed E-state index contributed by atoms with van der Waals surface area (Å²) in [6, 6.07) is 0. The van der Waals surface area contributed by atoms with Crippen LogP contribution in [0.5, 0.6) is 0 Å². The second-order valence-electron chi connectivity index (χ2n) is 3.90. The van der Waals surface area contributed by atoms with Gasteiger partial charge in [0.1, 0.15) is 0 Å². The van der Waals surface area contributed by atoms with Crippen LogP contribution in [0.4, 0.5) is 0 Å². The molecule has 0 aromatic heterocycles. The summed E-state index contributed by atoms with van der Waals surface area (Å²) in [4.78, 5) is 0. The van der Waals surface area contributed by atoms with E-state index in [2.05, 4.69) is 0 Å². The van der Waals surface area contributed by atoms with Crippen LogP contribution in [0, 0.1) is 0 Å². The van der Waals surface area contributed by atoms with Crippen molar-refractivity contribution in [3.05, 3.63) is 0 Å². The van der Waals surface area contributed by atoms with Crippen LogP contribution >= 0.6 is 12.4 Å². The predicted octanol–water partition coefficient (Wildman–Crippen LogP) is 1.86. The lowest BCUT2D eigenvalue weighted by molar-refractivity contribution is -0.0322. The molecule has 2 fully saturated rings. The molecule has 2 N–H and O–H groups in total. The molecule has 1 heterocycles. The van der Waals surface area contributed by atoms with Crippen LogP contribution in [0.1, 0.15) is 38.5 Å². The van der Waals surface area contributed by atoms with Gasteiger partial charge in [-0.25, -0.2) is 0 Å². The molecule has 1 unspecified atom stereocenters. The number of halogens is 1. The second-order valence-corrected chi connectivity index (χ2v) is 3.90. The molecular formula is C9H18ClNO. The molecule has 0 amide bonds. The molecule has 72 valence electrons. The zero-order valence-corrected chi connectivity index (χ0v) is 8.24. The third kappa shape index (κ3) is 1.76. The van der Waals surface area contributed by atoms with Gasteiger partial charge < -0.3 is 10.5 Å². The molecule has 0 aromatic carbocycles. The average Bonchev–Trinajstić information content (AvgIpc) is 2.62. The quantitative estimate of drug-likeness (QED) is 0.687. The van der Waals surface area contributed by atoms with Crippen LogP contribution in [-0.2, 0) is 4.74 Å². The Hall–Kier alpha value is 0.210. The molecule has 1 aliphatic carbocycles. The van der Waals surface area contributed by atoms with Crippen molar-refractivity contribution < 1.29 is 4.74 Å². The Morgan fingerprint density at radius 2 is 1.92 bits per heavy atom. The summed E-state index contributed by atoms with van der Waals surface area (Å²) in [6.45, 7) is 0.710. The fourth-order valence-electron chi connectivity index (χ4n) is 2.45. The summed E-state index contributed by atoms with van der Waals surface area (Å²) in [5.74, 6) is 0. The first kappa shape index (κ1) is 10.3. The van der Waals surface area contributed by atoms with Crippen molar-refractivity contribution in [2.45, 2.75) is 50.2 Å². The SMILES string of the molecule is Cl.NCC1CCC2(CCCC2)O1. The highest BCUT2D eigenvalue weighted by Gasteiger charge is 2.41. The van der Waals surface area contributed by atoms with Crippen molar-refractivity contribution in [1.29, 1.82) is 0 Å². The molecule has 12 heavy (non-hydrogen) atoms. The Balaban J connectivity index is 0.000000720. The van der Waals surface area contributed by atoms with Gasteiger partial charge in [0, 0.05) is 6.54 Å². The van der Waals surface area contributed by atoms with Gasteiger partial charge in [-0.3, -0.25) is 0 Å². The summed E-state index contributed by atoms with van der Waals surface area (Å²) in [5, 5.41) is 0. The van der Waals surface area contributed by atoms with Crippen molar-refractivity contribution >= 4 is 12.4 Å². The lowest BCUT2D eigenvalue weighted by Crippen LogP contribution is -2.28. The van der Waals surface area contributed by atoms with Crippen LogP contribution in [0.25, 0.3) is 0 Å². The Kier molecular flexibility index (Phi) is 3.38. The highest BCUT2D eigenvalue weighted by molar-refractivity contribution is 5.85. The Bertz CT molecular complexity index is 145. The van der Waals surface area contributed by atoms with E-state index < -0.39 is 0 Å². The van der Waals surface area contributed by atoms with Crippen molar-refractivity contribution in [1.82, 2.24) is 0 Å². The normalized spacial score (nSPS) is 32.2. The Labute approximate surface area is 80.3 Å². The van der Waals surface area contributed by atoms with E-state index in [1.807, 2.05) is 0 Å². The minimum atomic E-state index is 0. The molecule has 2 nitrogen and oxygen atoms in total. The smallest absolute Gasteiger partial charge is 0.0705 e. The minimum Gasteiger partial charge on any atom is -0.370 e. The van der Waals surface area contributed by atoms with Crippen LogP contribution in [-0.4, -0.2) is 18.2 Å². The summed E-state index contributed by atoms with van der Waals surface area (Å²) in [5.41, 5.74) is 5.84. The molecule has 1 saturated carbocycles. The molecule has 1 aliphatic heterocycles. The zero-order valence-electron chi connectivity index (χ0n) is 7.42. The van der Waals surface area contributed by atoms with Crippen molar-refractivity contribution in [2.24, 2.45) is 5.73 Å². The first-order chi connectivity index (χ1) is 5.35. The van der Waals surface area contributed by atoms with Gasteiger partial charge in [0.25, 0.3) is 0 Å². The summed E-state index contributed by atoms with van der Waals surface area (Å²) in [7, 11) is 0. The fourth-order valence-corrected chi connectivity index (χ4v) is 2.45. The lowest BCUT2D eigenvalue weighted by atomic mass is 9.98. The van der Waals surface area contributed by atoms with E-state index in [0.29, 0.717) is 12.6 Å². The number of rotatable bonds is 1. The maximum Gasteiger partial charge on any atom is 0.0705 e. The number of nitrogens with two attached hydrogens (primary N) is 1. The molecule has 0 radical (unpaired) electrons. The number of hydrogen-bond acceptors (Lipinski definition) is 2. The molecule has 1 spiro atoms. The molecular weight excluding hydrogens is 174 g/mol. The highest BCUT2D eigenvalue weighted by Crippen LogP contribution is 2.42. The molecule has 0 aromatic rings. The lowest BCUT2D eigenvalue weighted by Gasteiger charge is -2.23. The standard InChI is InChI=1S/C9H17NO.ClH/c10-7-8-3-6-9(11-8)4-1-2-5-9;/h8H,1-7,10H2;1H. The van der Waals surface area contributed by atoms with E-state index in [-0.39, 0.29) is 18.0 Å². The summed E-state index contributed by atoms with van der Waals surface area (Å²) in [6.07, 6.45) is 8.10. The molecule has 1 saturated heterocycles. The monoisotopic (exact) mass is 191 g/mol. The zero-order chi connectivity index (χ0) is 7.73. The maximum absolute atomic E-state index is 5.93. The van der Waals surface area contributed by atoms with Crippen LogP contribution < -0.4 is 5.73 Å². The minimum absolute atomic E-state index is 0. The van der Waals surface area contributed by atoms with Crippen LogP contribution in [0.15, 0.2) is 0 Å². The Morgan fingerprint density at radius 1 is 1.25 bits per heavy atom. The Morgan fingerprint density at radius 3 is 2.42 bits per heavy atom. The molecule has 1 atom stereocenters. The topological polar surface area (TPSA) is 35.2 Å². The third-order valence-electron chi connectivity index (χ3n) is 3.12. The molecule has 0 bridgehead atoms. The summed E-state index contributed by atoms with van der Waals surface area (Å²) >= 11 is 0. The number of ether oxygens (including phenoxy) is 1. The van der Waals surface area contributed by atoms with E-state index in [1.54, 1.807) is 0 Å². The van der Waals surface area contributed by atoms with E-state index in [4.69, 9.17) is 10.5 Å². The van der Waals surface area contributed by atoms with Gasteiger partial charge >= 0.3 is 0 Å². The first-order valence-corrected chi connectivity index (χ1v) is 4.73. The van der Waals surface area contributed by atoms with Gasteiger partial charge in [-0.1, -0.05) is 12.8 Å². The van der Waals surface area contributed by atoms with Gasteiger partial charge in [-0.2, -0.15) is 0 Å². The molecule has 3 heteroatoms. The van der Waals surface area contributed by atoms with Gasteiger partial charge in [0.2, 0.25) is 0 Å². The fraction of sp³-hybridized carbons (Fsp3) is 1.00. The largest absolute Gasteiger partial charge is 0.370 e. The first-order valence-electron chi connectivity index (χ1n) is 4.73. The van der Waals surface area contributed by atoms with Gasteiger partial charge in [0.15, 0.2) is 0 Å². The van der Waals surface area contributed by atoms with E-state index in [9.17, 15) is 0 Å². The van der Waals surface area contributed by atoms with Gasteiger partial charge in [0.05, 0.1) is 11.7 Å². The second kappa shape index (κ2) is 3.95. The molecule has 2 aliphatic rings. The van der Waals surface area contributed by atoms with E-state index >= 15 is 0 Å². The highest BCUT2D eigenvalue weighted by atomic mass is 35.5.